The molecule has 12 heavy (non-hydrogen) atoms. The Hall–Kier alpha value is -0.380. The maximum absolute atomic E-state index is 10.8. The van der Waals surface area contributed by atoms with Crippen molar-refractivity contribution >= 4 is 16.1 Å². The van der Waals surface area contributed by atoms with Crippen LogP contribution in [-0.4, -0.2) is 26.7 Å². The molecule has 3 nitrogen and oxygen atoms in total. The van der Waals surface area contributed by atoms with E-state index in [1.807, 2.05) is 0 Å². The minimum absolute atomic E-state index is 0.145. The molecule has 1 aliphatic carbocycles. The minimum atomic E-state index is -2.90. The van der Waals surface area contributed by atoms with Gasteiger partial charge in [-0.1, -0.05) is 6.42 Å². The summed E-state index contributed by atoms with van der Waals surface area (Å²) < 4.78 is 21.6. The van der Waals surface area contributed by atoms with E-state index in [0.717, 1.165) is 25.5 Å². The van der Waals surface area contributed by atoms with Crippen molar-refractivity contribution in [2.45, 2.75) is 25.7 Å². The Bertz CT molecular complexity index is 262. The summed E-state index contributed by atoms with van der Waals surface area (Å²) >= 11 is 0. The molecule has 0 radical (unpaired) electrons. The van der Waals surface area contributed by atoms with Gasteiger partial charge >= 0.3 is 0 Å². The fourth-order valence-electron chi connectivity index (χ4n) is 1.45. The second-order valence-corrected chi connectivity index (χ2v) is 5.97. The molecule has 0 N–H and O–H groups in total. The summed E-state index contributed by atoms with van der Waals surface area (Å²) in [5, 5.41) is 0. The van der Waals surface area contributed by atoms with Crippen LogP contribution < -0.4 is 0 Å². The normalized spacial score (nSPS) is 21.4. The molecule has 0 aromatic rings. The first-order valence-electron chi connectivity index (χ1n) is 4.12. The Balaban J connectivity index is 2.45. The fraction of sp³-hybridized carbons (Fsp3) is 0.875. The molecule has 0 atom stereocenters. The van der Waals surface area contributed by atoms with Crippen LogP contribution in [0, 0.1) is 5.41 Å². The van der Waals surface area contributed by atoms with Gasteiger partial charge in [-0.15, -0.1) is 0 Å². The summed E-state index contributed by atoms with van der Waals surface area (Å²) in [5.41, 5.74) is -0.289. The van der Waals surface area contributed by atoms with Gasteiger partial charge in [0.1, 0.15) is 16.1 Å². The molecule has 0 aromatic heterocycles. The van der Waals surface area contributed by atoms with Crippen LogP contribution >= 0.6 is 0 Å². The highest BCUT2D eigenvalue weighted by atomic mass is 32.2. The predicted molar refractivity (Wildman–Crippen MR) is 46.7 cm³/mol. The fourth-order valence-corrected chi connectivity index (χ4v) is 2.22. The summed E-state index contributed by atoms with van der Waals surface area (Å²) in [6.07, 6.45) is 5.45. The van der Waals surface area contributed by atoms with E-state index >= 15 is 0 Å². The molecular weight excluding hydrogens is 176 g/mol. The standard InChI is InChI=1S/C8H14O3S/c1-12(10,11)6-5-8(7-9)3-2-4-8/h7H,2-6H2,1H3. The van der Waals surface area contributed by atoms with Gasteiger partial charge in [-0.25, -0.2) is 8.42 Å². The predicted octanol–water partition coefficient (Wildman–Crippen LogP) is 0.790. The summed E-state index contributed by atoms with van der Waals surface area (Å²) in [6.45, 7) is 0. The smallest absolute Gasteiger partial charge is 0.147 e. The van der Waals surface area contributed by atoms with Crippen LogP contribution in [-0.2, 0) is 14.6 Å². The maximum atomic E-state index is 10.8. The molecule has 0 bridgehead atoms. The van der Waals surface area contributed by atoms with Gasteiger partial charge in [0.25, 0.3) is 0 Å². The highest BCUT2D eigenvalue weighted by molar-refractivity contribution is 7.90. The van der Waals surface area contributed by atoms with Gasteiger partial charge in [0.2, 0.25) is 0 Å². The number of hydrogen-bond acceptors (Lipinski definition) is 3. The van der Waals surface area contributed by atoms with Crippen molar-refractivity contribution in [3.63, 3.8) is 0 Å². The van der Waals surface area contributed by atoms with Gasteiger partial charge in [-0.05, 0) is 19.3 Å². The van der Waals surface area contributed by atoms with Crippen LogP contribution in [0.25, 0.3) is 0 Å². The second kappa shape index (κ2) is 3.17. The third-order valence-electron chi connectivity index (χ3n) is 2.57. The van der Waals surface area contributed by atoms with E-state index in [0.29, 0.717) is 6.42 Å². The van der Waals surface area contributed by atoms with Crippen molar-refractivity contribution in [1.82, 2.24) is 0 Å². The third-order valence-corrected chi connectivity index (χ3v) is 3.52. The van der Waals surface area contributed by atoms with Gasteiger partial charge in [0, 0.05) is 11.7 Å². The van der Waals surface area contributed by atoms with E-state index in [1.54, 1.807) is 0 Å². The lowest BCUT2D eigenvalue weighted by molar-refractivity contribution is -0.120. The molecule has 70 valence electrons. The number of carbonyl (C=O) groups excluding carboxylic acids is 1. The van der Waals surface area contributed by atoms with Gasteiger partial charge in [-0.3, -0.25) is 0 Å². The Morgan fingerprint density at radius 2 is 2.00 bits per heavy atom. The molecule has 0 saturated heterocycles. The Labute approximate surface area is 73.1 Å². The average molecular weight is 190 g/mol. The Morgan fingerprint density at radius 3 is 2.25 bits per heavy atom. The van der Waals surface area contributed by atoms with E-state index in [2.05, 4.69) is 0 Å². The van der Waals surface area contributed by atoms with Crippen LogP contribution in [0.4, 0.5) is 0 Å². The topological polar surface area (TPSA) is 51.2 Å². The lowest BCUT2D eigenvalue weighted by Crippen LogP contribution is -2.33. The van der Waals surface area contributed by atoms with E-state index in [4.69, 9.17) is 0 Å². The van der Waals surface area contributed by atoms with Gasteiger partial charge < -0.3 is 4.79 Å². The van der Waals surface area contributed by atoms with Crippen molar-refractivity contribution in [2.75, 3.05) is 12.0 Å². The number of hydrogen-bond donors (Lipinski definition) is 0. The number of rotatable bonds is 4. The zero-order chi connectivity index (χ0) is 9.24. The zero-order valence-corrected chi connectivity index (χ0v) is 8.06. The molecule has 0 heterocycles. The second-order valence-electron chi connectivity index (χ2n) is 3.71. The summed E-state index contributed by atoms with van der Waals surface area (Å²) in [4.78, 5) is 10.6. The lowest BCUT2D eigenvalue weighted by atomic mass is 9.68. The first-order valence-corrected chi connectivity index (χ1v) is 6.18. The molecule has 4 heteroatoms. The van der Waals surface area contributed by atoms with Gasteiger partial charge in [0.05, 0.1) is 5.75 Å². The largest absolute Gasteiger partial charge is 0.303 e. The minimum Gasteiger partial charge on any atom is -0.303 e. The van der Waals surface area contributed by atoms with Crippen LogP contribution in [0.1, 0.15) is 25.7 Å². The van der Waals surface area contributed by atoms with Crippen LogP contribution in [0.5, 0.6) is 0 Å². The zero-order valence-electron chi connectivity index (χ0n) is 7.25. The van der Waals surface area contributed by atoms with Crippen LogP contribution in [0.15, 0.2) is 0 Å². The molecule has 1 rings (SSSR count). The highest BCUT2D eigenvalue weighted by Gasteiger charge is 2.36. The molecule has 0 unspecified atom stereocenters. The quantitative estimate of drug-likeness (QED) is 0.616. The SMILES string of the molecule is CS(=O)(=O)CCC1(C=O)CCC1. The molecule has 0 aromatic carbocycles. The molecule has 1 saturated carbocycles. The Morgan fingerprint density at radius 1 is 1.42 bits per heavy atom. The van der Waals surface area contributed by atoms with Crippen molar-refractivity contribution in [3.05, 3.63) is 0 Å². The van der Waals surface area contributed by atoms with Gasteiger partial charge in [-0.2, -0.15) is 0 Å². The number of carbonyl (C=O) groups is 1. The van der Waals surface area contributed by atoms with Gasteiger partial charge in [0.15, 0.2) is 0 Å². The van der Waals surface area contributed by atoms with E-state index in [1.165, 1.54) is 6.26 Å². The summed E-state index contributed by atoms with van der Waals surface area (Å²) in [5.74, 6) is 0.145. The number of aldehydes is 1. The van der Waals surface area contributed by atoms with E-state index in [9.17, 15) is 13.2 Å². The van der Waals surface area contributed by atoms with Crippen LogP contribution in [0.2, 0.25) is 0 Å². The van der Waals surface area contributed by atoms with Crippen molar-refractivity contribution in [3.8, 4) is 0 Å². The molecule has 1 fully saturated rings. The molecule has 0 amide bonds. The molecular formula is C8H14O3S. The molecule has 0 aliphatic heterocycles. The highest BCUT2D eigenvalue weighted by Crippen LogP contribution is 2.41. The average Bonchev–Trinajstić information content (AvgIpc) is 1.84. The molecule has 0 spiro atoms. The lowest BCUT2D eigenvalue weighted by Gasteiger charge is -2.36. The monoisotopic (exact) mass is 190 g/mol. The first kappa shape index (κ1) is 9.71. The van der Waals surface area contributed by atoms with Crippen molar-refractivity contribution in [1.29, 1.82) is 0 Å². The van der Waals surface area contributed by atoms with E-state index < -0.39 is 9.84 Å². The van der Waals surface area contributed by atoms with E-state index in [-0.39, 0.29) is 11.2 Å². The first-order chi connectivity index (χ1) is 5.47. The number of sulfone groups is 1. The van der Waals surface area contributed by atoms with Crippen molar-refractivity contribution in [2.24, 2.45) is 5.41 Å². The molecule has 1 aliphatic rings. The maximum Gasteiger partial charge on any atom is 0.147 e. The van der Waals surface area contributed by atoms with Crippen molar-refractivity contribution < 1.29 is 13.2 Å². The Kier molecular flexibility index (Phi) is 2.56. The summed E-state index contributed by atoms with van der Waals surface area (Å²) in [6, 6.07) is 0. The van der Waals surface area contributed by atoms with Crippen LogP contribution in [0.3, 0.4) is 0 Å². The third kappa shape index (κ3) is 2.30. The summed E-state index contributed by atoms with van der Waals surface area (Å²) in [7, 11) is -2.90.